The lowest BCUT2D eigenvalue weighted by molar-refractivity contribution is -0.139. The van der Waals surface area contributed by atoms with Crippen LogP contribution in [0.5, 0.6) is 0 Å². The maximum absolute atomic E-state index is 11.0. The summed E-state index contributed by atoms with van der Waals surface area (Å²) in [5.74, 6) is -0.313. The molecule has 0 aliphatic carbocycles. The zero-order valence-corrected chi connectivity index (χ0v) is 7.31. The van der Waals surface area contributed by atoms with Gasteiger partial charge in [0, 0.05) is 5.70 Å². The van der Waals surface area contributed by atoms with E-state index in [2.05, 4.69) is 0 Å². The highest BCUT2D eigenvalue weighted by Crippen LogP contribution is 1.99. The van der Waals surface area contributed by atoms with Crippen molar-refractivity contribution in [1.82, 2.24) is 0 Å². The molecule has 3 nitrogen and oxygen atoms in total. The van der Waals surface area contributed by atoms with E-state index in [1.807, 2.05) is 6.92 Å². The third-order valence-electron chi connectivity index (χ3n) is 1.33. The van der Waals surface area contributed by atoms with Crippen LogP contribution in [-0.2, 0) is 9.53 Å². The van der Waals surface area contributed by atoms with Crippen molar-refractivity contribution in [3.8, 4) is 0 Å². The Kier molecular flexibility index (Phi) is 4.34. The normalized spacial score (nSPS) is 12.3. The average molecular weight is 157 g/mol. The molecule has 0 saturated heterocycles. The molecule has 0 unspecified atom stereocenters. The van der Waals surface area contributed by atoms with Gasteiger partial charge in [0.05, 0.1) is 12.2 Å². The van der Waals surface area contributed by atoms with Crippen LogP contribution in [0.25, 0.3) is 0 Å². The van der Waals surface area contributed by atoms with Gasteiger partial charge in [-0.3, -0.25) is 0 Å². The van der Waals surface area contributed by atoms with Crippen molar-refractivity contribution in [1.29, 1.82) is 0 Å². The van der Waals surface area contributed by atoms with Gasteiger partial charge < -0.3 is 10.5 Å². The largest absolute Gasteiger partial charge is 0.462 e. The molecule has 11 heavy (non-hydrogen) atoms. The van der Waals surface area contributed by atoms with E-state index in [0.717, 1.165) is 6.42 Å². The van der Waals surface area contributed by atoms with Gasteiger partial charge >= 0.3 is 5.97 Å². The highest BCUT2D eigenvalue weighted by Gasteiger charge is 2.05. The SMILES string of the molecule is CCCOC(=O)C(C)=C(C)N. The Morgan fingerprint density at radius 3 is 2.36 bits per heavy atom. The molecule has 3 heteroatoms. The number of rotatable bonds is 3. The molecule has 0 fully saturated rings. The smallest absolute Gasteiger partial charge is 0.335 e. The summed E-state index contributed by atoms with van der Waals surface area (Å²) in [6, 6.07) is 0. The molecule has 0 spiro atoms. The molecular formula is C8H15NO2. The van der Waals surface area contributed by atoms with Crippen molar-refractivity contribution in [3.05, 3.63) is 11.3 Å². The zero-order chi connectivity index (χ0) is 8.85. The first kappa shape index (κ1) is 10.0. The third-order valence-corrected chi connectivity index (χ3v) is 1.33. The van der Waals surface area contributed by atoms with Gasteiger partial charge in [-0.2, -0.15) is 0 Å². The molecule has 0 aliphatic heterocycles. The molecule has 2 N–H and O–H groups in total. The summed E-state index contributed by atoms with van der Waals surface area (Å²) in [6.07, 6.45) is 0.836. The Balaban J connectivity index is 3.95. The molecule has 0 saturated carbocycles. The van der Waals surface area contributed by atoms with Crippen LogP contribution in [0.15, 0.2) is 11.3 Å². The van der Waals surface area contributed by atoms with Crippen molar-refractivity contribution in [2.75, 3.05) is 6.61 Å². The van der Waals surface area contributed by atoms with Crippen molar-refractivity contribution in [2.24, 2.45) is 5.73 Å². The fourth-order valence-electron chi connectivity index (χ4n) is 0.464. The molecule has 0 bridgehead atoms. The number of carbonyl (C=O) groups excluding carboxylic acids is 1. The number of ether oxygens (including phenoxy) is 1. The van der Waals surface area contributed by atoms with Crippen LogP contribution in [-0.4, -0.2) is 12.6 Å². The molecule has 0 radical (unpaired) electrons. The minimum atomic E-state index is -0.313. The summed E-state index contributed by atoms with van der Waals surface area (Å²) in [6.45, 7) is 5.75. The second-order valence-electron chi connectivity index (χ2n) is 2.44. The number of carbonyl (C=O) groups is 1. The number of nitrogens with two attached hydrogens (primary N) is 1. The van der Waals surface area contributed by atoms with Crippen molar-refractivity contribution >= 4 is 5.97 Å². The summed E-state index contributed by atoms with van der Waals surface area (Å²) >= 11 is 0. The van der Waals surface area contributed by atoms with E-state index in [-0.39, 0.29) is 5.97 Å². The minimum Gasteiger partial charge on any atom is -0.462 e. The number of esters is 1. The van der Waals surface area contributed by atoms with Gasteiger partial charge in [0.1, 0.15) is 0 Å². The predicted molar refractivity (Wildman–Crippen MR) is 43.8 cm³/mol. The minimum absolute atomic E-state index is 0.313. The molecule has 0 aromatic rings. The van der Waals surface area contributed by atoms with Gasteiger partial charge in [-0.05, 0) is 20.3 Å². The van der Waals surface area contributed by atoms with Crippen LogP contribution < -0.4 is 5.73 Å². The second kappa shape index (κ2) is 4.77. The van der Waals surface area contributed by atoms with E-state index >= 15 is 0 Å². The van der Waals surface area contributed by atoms with Gasteiger partial charge in [-0.25, -0.2) is 4.79 Å². The fourth-order valence-corrected chi connectivity index (χ4v) is 0.464. The zero-order valence-electron chi connectivity index (χ0n) is 7.31. The fraction of sp³-hybridized carbons (Fsp3) is 0.625. The Labute approximate surface area is 67.2 Å². The molecule has 0 aromatic heterocycles. The lowest BCUT2D eigenvalue weighted by Gasteiger charge is -2.03. The molecule has 0 aromatic carbocycles. The first-order chi connectivity index (χ1) is 5.09. The van der Waals surface area contributed by atoms with E-state index in [4.69, 9.17) is 10.5 Å². The summed E-state index contributed by atoms with van der Waals surface area (Å²) in [5, 5.41) is 0. The van der Waals surface area contributed by atoms with Gasteiger partial charge in [-0.1, -0.05) is 6.92 Å². The maximum atomic E-state index is 11.0. The Hall–Kier alpha value is -0.990. The lowest BCUT2D eigenvalue weighted by atomic mass is 10.2. The predicted octanol–water partition coefficient (Wildman–Crippen LogP) is 1.19. The average Bonchev–Trinajstić information content (AvgIpc) is 1.98. The van der Waals surface area contributed by atoms with Crippen molar-refractivity contribution in [2.45, 2.75) is 27.2 Å². The van der Waals surface area contributed by atoms with Crippen molar-refractivity contribution in [3.63, 3.8) is 0 Å². The van der Waals surface area contributed by atoms with Gasteiger partial charge in [0.25, 0.3) is 0 Å². The van der Waals surface area contributed by atoms with E-state index < -0.39 is 0 Å². The van der Waals surface area contributed by atoms with Crippen LogP contribution in [0.2, 0.25) is 0 Å². The quantitative estimate of drug-likeness (QED) is 0.494. The molecule has 0 atom stereocenters. The highest BCUT2D eigenvalue weighted by molar-refractivity contribution is 5.88. The molecule has 64 valence electrons. The summed E-state index contributed by atoms with van der Waals surface area (Å²) in [5.41, 5.74) is 6.41. The summed E-state index contributed by atoms with van der Waals surface area (Å²) < 4.78 is 4.84. The van der Waals surface area contributed by atoms with Gasteiger partial charge in [0.2, 0.25) is 0 Å². The Morgan fingerprint density at radius 2 is 2.00 bits per heavy atom. The Morgan fingerprint density at radius 1 is 1.45 bits per heavy atom. The lowest BCUT2D eigenvalue weighted by Crippen LogP contribution is -2.10. The van der Waals surface area contributed by atoms with Gasteiger partial charge in [-0.15, -0.1) is 0 Å². The number of allylic oxidation sites excluding steroid dienone is 1. The molecular weight excluding hydrogens is 142 g/mol. The molecule has 0 heterocycles. The highest BCUT2D eigenvalue weighted by atomic mass is 16.5. The van der Waals surface area contributed by atoms with Crippen LogP contribution in [0.3, 0.4) is 0 Å². The molecule has 0 rings (SSSR count). The van der Waals surface area contributed by atoms with E-state index in [1.54, 1.807) is 13.8 Å². The summed E-state index contributed by atoms with van der Waals surface area (Å²) in [7, 11) is 0. The van der Waals surface area contributed by atoms with E-state index in [0.29, 0.717) is 17.9 Å². The molecule has 0 amide bonds. The van der Waals surface area contributed by atoms with E-state index in [1.165, 1.54) is 0 Å². The van der Waals surface area contributed by atoms with Crippen LogP contribution in [0.4, 0.5) is 0 Å². The first-order valence-corrected chi connectivity index (χ1v) is 3.69. The summed E-state index contributed by atoms with van der Waals surface area (Å²) in [4.78, 5) is 11.0. The third kappa shape index (κ3) is 3.65. The topological polar surface area (TPSA) is 52.3 Å². The van der Waals surface area contributed by atoms with Crippen LogP contribution in [0.1, 0.15) is 27.2 Å². The van der Waals surface area contributed by atoms with Crippen LogP contribution >= 0.6 is 0 Å². The Bertz CT molecular complexity index is 169. The molecule has 0 aliphatic rings. The van der Waals surface area contributed by atoms with E-state index in [9.17, 15) is 4.79 Å². The number of hydrogen-bond donors (Lipinski definition) is 1. The maximum Gasteiger partial charge on any atom is 0.335 e. The monoisotopic (exact) mass is 157 g/mol. The van der Waals surface area contributed by atoms with Crippen molar-refractivity contribution < 1.29 is 9.53 Å². The standard InChI is InChI=1S/C8H15NO2/c1-4-5-11-8(10)6(2)7(3)9/h4-5,9H2,1-3H3. The van der Waals surface area contributed by atoms with Crippen LogP contribution in [0, 0.1) is 0 Å². The first-order valence-electron chi connectivity index (χ1n) is 3.69. The van der Waals surface area contributed by atoms with Gasteiger partial charge in [0.15, 0.2) is 0 Å². The second-order valence-corrected chi connectivity index (χ2v) is 2.44. The number of hydrogen-bond acceptors (Lipinski definition) is 3.